The van der Waals surface area contributed by atoms with Crippen molar-refractivity contribution >= 4 is 33.4 Å². The van der Waals surface area contributed by atoms with Crippen molar-refractivity contribution in [3.05, 3.63) is 59.4 Å². The summed E-state index contributed by atoms with van der Waals surface area (Å²) in [7, 11) is -3.59. The number of carbonyl (C=O) groups excluding carboxylic acids is 1. The van der Waals surface area contributed by atoms with E-state index in [1.165, 1.54) is 11.8 Å². The number of nitrogens with one attached hydrogen (secondary N) is 1. The molecule has 2 aromatic carbocycles. The van der Waals surface area contributed by atoms with E-state index in [2.05, 4.69) is 15.5 Å². The molecule has 1 saturated heterocycles. The van der Waals surface area contributed by atoms with Crippen LogP contribution in [0.3, 0.4) is 0 Å². The van der Waals surface area contributed by atoms with Crippen molar-refractivity contribution in [2.75, 3.05) is 24.2 Å². The van der Waals surface area contributed by atoms with Gasteiger partial charge in [0.1, 0.15) is 5.82 Å². The summed E-state index contributed by atoms with van der Waals surface area (Å²) in [4.78, 5) is 12.9. The lowest BCUT2D eigenvalue weighted by Gasteiger charge is -2.26. The van der Waals surface area contributed by atoms with E-state index < -0.39 is 10.0 Å². The number of nitrogens with zero attached hydrogens (tertiary/aromatic N) is 4. The topological polar surface area (TPSA) is 97.2 Å². The molecule has 1 aliphatic rings. The highest BCUT2D eigenvalue weighted by Gasteiger charge is 2.27. The molecule has 0 unspecified atom stereocenters. The third-order valence-electron chi connectivity index (χ3n) is 5.82. The molecule has 0 atom stereocenters. The fraction of sp³-hybridized carbons (Fsp3) is 0.375. The molecule has 180 valence electrons. The van der Waals surface area contributed by atoms with Gasteiger partial charge in [-0.3, -0.25) is 9.36 Å². The SMILES string of the molecule is Cc1ccc(-n2c(C)nnc2SCC(=O)Nc2ccc(C)c(S(=O)(=O)N3CCCCC3)c2)cc1. The van der Waals surface area contributed by atoms with Crippen LogP contribution in [0.4, 0.5) is 5.69 Å². The first kappa shape index (κ1) is 24.4. The van der Waals surface area contributed by atoms with E-state index >= 15 is 0 Å². The average molecular weight is 500 g/mol. The molecule has 0 bridgehead atoms. The van der Waals surface area contributed by atoms with Gasteiger partial charge in [-0.1, -0.05) is 41.9 Å². The monoisotopic (exact) mass is 499 g/mol. The smallest absolute Gasteiger partial charge is 0.243 e. The highest BCUT2D eigenvalue weighted by atomic mass is 32.2. The van der Waals surface area contributed by atoms with Gasteiger partial charge in [0.2, 0.25) is 15.9 Å². The molecule has 34 heavy (non-hydrogen) atoms. The Morgan fingerprint density at radius 1 is 1.00 bits per heavy atom. The minimum absolute atomic E-state index is 0.117. The molecule has 3 aromatic rings. The van der Waals surface area contributed by atoms with Crippen LogP contribution < -0.4 is 5.32 Å². The Kier molecular flexibility index (Phi) is 7.39. The zero-order valence-corrected chi connectivity index (χ0v) is 21.2. The zero-order valence-electron chi connectivity index (χ0n) is 19.6. The van der Waals surface area contributed by atoms with Crippen LogP contribution in [-0.4, -0.2) is 52.2 Å². The van der Waals surface area contributed by atoms with Crippen molar-refractivity contribution in [1.29, 1.82) is 0 Å². The molecule has 1 aromatic heterocycles. The minimum atomic E-state index is -3.59. The molecule has 1 N–H and O–H groups in total. The number of piperidine rings is 1. The fourth-order valence-electron chi connectivity index (χ4n) is 3.95. The van der Waals surface area contributed by atoms with Crippen LogP contribution in [0.2, 0.25) is 0 Å². The van der Waals surface area contributed by atoms with Crippen molar-refractivity contribution in [2.45, 2.75) is 50.1 Å². The van der Waals surface area contributed by atoms with Crippen LogP contribution in [0.15, 0.2) is 52.5 Å². The van der Waals surface area contributed by atoms with Crippen molar-refractivity contribution in [2.24, 2.45) is 0 Å². The summed E-state index contributed by atoms with van der Waals surface area (Å²) in [5.41, 5.74) is 3.22. The first-order valence-electron chi connectivity index (χ1n) is 11.3. The third kappa shape index (κ3) is 5.34. The lowest BCUT2D eigenvalue weighted by molar-refractivity contribution is -0.113. The van der Waals surface area contributed by atoms with Crippen LogP contribution in [0.25, 0.3) is 5.69 Å². The number of amides is 1. The van der Waals surface area contributed by atoms with Crippen LogP contribution in [0.5, 0.6) is 0 Å². The van der Waals surface area contributed by atoms with Gasteiger partial charge in [-0.2, -0.15) is 4.31 Å². The van der Waals surface area contributed by atoms with Gasteiger partial charge < -0.3 is 5.32 Å². The number of thioether (sulfide) groups is 1. The van der Waals surface area contributed by atoms with Gasteiger partial charge in [0.05, 0.1) is 10.6 Å². The number of hydrogen-bond donors (Lipinski definition) is 1. The maximum atomic E-state index is 13.1. The number of sulfonamides is 1. The number of rotatable bonds is 7. The quantitative estimate of drug-likeness (QED) is 0.492. The van der Waals surface area contributed by atoms with E-state index in [4.69, 9.17) is 0 Å². The molecular weight excluding hydrogens is 470 g/mol. The van der Waals surface area contributed by atoms with Gasteiger partial charge in [0.25, 0.3) is 0 Å². The number of carbonyl (C=O) groups is 1. The lowest BCUT2D eigenvalue weighted by atomic mass is 10.2. The Labute approximate surface area is 204 Å². The highest BCUT2D eigenvalue weighted by molar-refractivity contribution is 7.99. The Morgan fingerprint density at radius 3 is 2.41 bits per heavy atom. The Bertz CT molecular complexity index is 1280. The normalized spacial score (nSPS) is 14.8. The molecule has 0 aliphatic carbocycles. The number of anilines is 1. The lowest BCUT2D eigenvalue weighted by Crippen LogP contribution is -2.36. The van der Waals surface area contributed by atoms with Crippen molar-refractivity contribution < 1.29 is 13.2 Å². The maximum Gasteiger partial charge on any atom is 0.243 e. The summed E-state index contributed by atoms with van der Waals surface area (Å²) in [5.74, 6) is 0.607. The first-order chi connectivity index (χ1) is 16.3. The maximum absolute atomic E-state index is 13.1. The van der Waals surface area contributed by atoms with E-state index in [0.717, 1.165) is 36.3 Å². The van der Waals surface area contributed by atoms with E-state index in [9.17, 15) is 13.2 Å². The minimum Gasteiger partial charge on any atom is -0.325 e. The number of aromatic nitrogens is 3. The van der Waals surface area contributed by atoms with E-state index in [-0.39, 0.29) is 16.6 Å². The standard InChI is InChI=1S/C24H29N5O3S2/c1-17-7-11-21(12-8-17)29-19(3)26-27-24(29)33-16-23(30)25-20-10-9-18(2)22(15-20)34(31,32)28-13-5-4-6-14-28/h7-12,15H,4-6,13-14,16H2,1-3H3,(H,25,30). The van der Waals surface area contributed by atoms with Crippen molar-refractivity contribution in [1.82, 2.24) is 19.1 Å². The van der Waals surface area contributed by atoms with E-state index in [0.29, 0.717) is 29.5 Å². The predicted molar refractivity (Wildman–Crippen MR) is 134 cm³/mol. The second-order valence-electron chi connectivity index (χ2n) is 8.48. The van der Waals surface area contributed by atoms with Crippen LogP contribution in [0, 0.1) is 20.8 Å². The van der Waals surface area contributed by atoms with Gasteiger partial charge in [0, 0.05) is 24.5 Å². The summed E-state index contributed by atoms with van der Waals surface area (Å²) < 4.78 is 29.7. The largest absolute Gasteiger partial charge is 0.325 e. The van der Waals surface area contributed by atoms with Gasteiger partial charge in [-0.15, -0.1) is 10.2 Å². The molecule has 0 spiro atoms. The fourth-order valence-corrected chi connectivity index (χ4v) is 6.52. The Morgan fingerprint density at radius 2 is 1.71 bits per heavy atom. The van der Waals surface area contributed by atoms with E-state index in [1.54, 1.807) is 29.4 Å². The molecule has 1 amide bonds. The molecule has 10 heteroatoms. The number of aryl methyl sites for hydroxylation is 3. The highest BCUT2D eigenvalue weighted by Crippen LogP contribution is 2.27. The molecule has 0 saturated carbocycles. The predicted octanol–water partition coefficient (Wildman–Crippen LogP) is 4.10. The van der Waals surface area contributed by atoms with Gasteiger partial charge in [-0.05, 0) is 63.4 Å². The zero-order chi connectivity index (χ0) is 24.3. The summed E-state index contributed by atoms with van der Waals surface area (Å²) in [6.07, 6.45) is 2.80. The van der Waals surface area contributed by atoms with Crippen LogP contribution in [-0.2, 0) is 14.8 Å². The van der Waals surface area contributed by atoms with Crippen molar-refractivity contribution in [3.63, 3.8) is 0 Å². The Hall–Kier alpha value is -2.69. The average Bonchev–Trinajstić information content (AvgIpc) is 3.20. The summed E-state index contributed by atoms with van der Waals surface area (Å²) >= 11 is 1.28. The molecule has 4 rings (SSSR count). The van der Waals surface area contributed by atoms with Crippen LogP contribution in [0.1, 0.15) is 36.2 Å². The molecule has 2 heterocycles. The third-order valence-corrected chi connectivity index (χ3v) is 8.79. The van der Waals surface area contributed by atoms with Gasteiger partial charge in [0.15, 0.2) is 5.16 Å². The molecule has 8 nitrogen and oxygen atoms in total. The summed E-state index contributed by atoms with van der Waals surface area (Å²) in [6.45, 7) is 6.75. The van der Waals surface area contributed by atoms with Gasteiger partial charge in [-0.25, -0.2) is 8.42 Å². The molecule has 0 radical (unpaired) electrons. The second-order valence-corrected chi connectivity index (χ2v) is 11.3. The van der Waals surface area contributed by atoms with Gasteiger partial charge >= 0.3 is 0 Å². The number of hydrogen-bond acceptors (Lipinski definition) is 6. The van der Waals surface area contributed by atoms with Crippen molar-refractivity contribution in [3.8, 4) is 5.69 Å². The summed E-state index contributed by atoms with van der Waals surface area (Å²) in [6, 6.07) is 13.0. The molecular formula is C24H29N5O3S2. The molecule has 1 fully saturated rings. The second kappa shape index (κ2) is 10.3. The Balaban J connectivity index is 1.45. The number of benzene rings is 2. The van der Waals surface area contributed by atoms with E-state index in [1.807, 2.05) is 42.7 Å². The van der Waals surface area contributed by atoms with Crippen LogP contribution >= 0.6 is 11.8 Å². The summed E-state index contributed by atoms with van der Waals surface area (Å²) in [5, 5.41) is 11.8. The first-order valence-corrected chi connectivity index (χ1v) is 13.7. The molecule has 1 aliphatic heterocycles.